The average Bonchev–Trinajstić information content (AvgIpc) is 2.94. The minimum absolute atomic E-state index is 0.00304. The number of hydrogen-bond acceptors (Lipinski definition) is 5. The van der Waals surface area contributed by atoms with Gasteiger partial charge in [0, 0.05) is 20.2 Å². The molecule has 1 N–H and O–H groups in total. The summed E-state index contributed by atoms with van der Waals surface area (Å²) in [6.45, 7) is 1.05. The van der Waals surface area contributed by atoms with Crippen molar-refractivity contribution in [1.82, 2.24) is 15.1 Å². The molecule has 8 heteroatoms. The number of nitrogens with zero attached hydrogens (tertiary/aromatic N) is 3. The number of carbonyl (C=O) groups is 1. The molecule has 2 rings (SSSR count). The van der Waals surface area contributed by atoms with Gasteiger partial charge in [0.25, 0.3) is 5.91 Å². The van der Waals surface area contributed by atoms with Crippen LogP contribution in [0.5, 0.6) is 0 Å². The van der Waals surface area contributed by atoms with Gasteiger partial charge >= 0.3 is 5.69 Å². The highest BCUT2D eigenvalue weighted by atomic mass is 16.6. The largest absolute Gasteiger partial charge is 0.376 e. The lowest BCUT2D eigenvalue weighted by Crippen LogP contribution is -2.32. The van der Waals surface area contributed by atoms with Crippen LogP contribution in [0, 0.1) is 10.1 Å². The fourth-order valence-corrected chi connectivity index (χ4v) is 1.87. The number of hydrogen-bond donors (Lipinski definition) is 1. The van der Waals surface area contributed by atoms with Crippen LogP contribution in [0.25, 0.3) is 0 Å². The number of carbonyl (C=O) groups excluding carboxylic acids is 1. The predicted molar refractivity (Wildman–Crippen MR) is 61.2 cm³/mol. The zero-order valence-electron chi connectivity index (χ0n) is 9.96. The Morgan fingerprint density at radius 3 is 3.17 bits per heavy atom. The van der Waals surface area contributed by atoms with Gasteiger partial charge in [-0.2, -0.15) is 5.10 Å². The van der Waals surface area contributed by atoms with Crippen LogP contribution < -0.4 is 5.32 Å². The highest BCUT2D eigenvalue weighted by molar-refractivity contribution is 5.96. The molecule has 1 fully saturated rings. The van der Waals surface area contributed by atoms with Crippen molar-refractivity contribution in [2.75, 3.05) is 13.2 Å². The molecule has 98 valence electrons. The lowest BCUT2D eigenvalue weighted by molar-refractivity contribution is -0.385. The van der Waals surface area contributed by atoms with Crippen LogP contribution in [0.4, 0.5) is 5.69 Å². The van der Waals surface area contributed by atoms with Crippen LogP contribution in [-0.4, -0.2) is 39.9 Å². The van der Waals surface area contributed by atoms with E-state index in [1.807, 2.05) is 0 Å². The van der Waals surface area contributed by atoms with Crippen LogP contribution in [0.2, 0.25) is 0 Å². The van der Waals surface area contributed by atoms with Gasteiger partial charge < -0.3 is 10.1 Å². The van der Waals surface area contributed by atoms with E-state index in [1.165, 1.54) is 17.9 Å². The number of aromatic nitrogens is 2. The molecule has 0 spiro atoms. The van der Waals surface area contributed by atoms with E-state index >= 15 is 0 Å². The van der Waals surface area contributed by atoms with Crippen LogP contribution in [-0.2, 0) is 11.8 Å². The normalized spacial score (nSPS) is 18.8. The lowest BCUT2D eigenvalue weighted by Gasteiger charge is -2.09. The van der Waals surface area contributed by atoms with Gasteiger partial charge in [-0.05, 0) is 12.8 Å². The van der Waals surface area contributed by atoms with Crippen molar-refractivity contribution in [3.63, 3.8) is 0 Å². The zero-order chi connectivity index (χ0) is 13.1. The van der Waals surface area contributed by atoms with Gasteiger partial charge in [-0.15, -0.1) is 0 Å². The molecule has 1 aliphatic heterocycles. The van der Waals surface area contributed by atoms with Gasteiger partial charge in [-0.25, -0.2) is 0 Å². The summed E-state index contributed by atoms with van der Waals surface area (Å²) >= 11 is 0. The van der Waals surface area contributed by atoms with E-state index in [0.717, 1.165) is 12.8 Å². The Morgan fingerprint density at radius 1 is 1.78 bits per heavy atom. The van der Waals surface area contributed by atoms with E-state index in [4.69, 9.17) is 4.74 Å². The van der Waals surface area contributed by atoms with Crippen molar-refractivity contribution in [1.29, 1.82) is 0 Å². The first-order chi connectivity index (χ1) is 8.58. The van der Waals surface area contributed by atoms with Crippen LogP contribution in [0.3, 0.4) is 0 Å². The molecular weight excluding hydrogens is 240 g/mol. The first kappa shape index (κ1) is 12.5. The van der Waals surface area contributed by atoms with Crippen molar-refractivity contribution >= 4 is 11.6 Å². The Hall–Kier alpha value is -1.96. The van der Waals surface area contributed by atoms with Crippen LogP contribution in [0.15, 0.2) is 6.20 Å². The van der Waals surface area contributed by atoms with Gasteiger partial charge in [0.05, 0.1) is 11.0 Å². The van der Waals surface area contributed by atoms with Crippen LogP contribution in [0.1, 0.15) is 23.3 Å². The maximum atomic E-state index is 11.8. The second-order valence-corrected chi connectivity index (χ2v) is 4.14. The summed E-state index contributed by atoms with van der Waals surface area (Å²) in [4.78, 5) is 21.9. The minimum Gasteiger partial charge on any atom is -0.376 e. The summed E-state index contributed by atoms with van der Waals surface area (Å²) < 4.78 is 6.60. The molecule has 0 aliphatic carbocycles. The molecule has 0 aromatic carbocycles. The number of amides is 1. The molecule has 2 heterocycles. The number of nitro groups is 1. The van der Waals surface area contributed by atoms with Gasteiger partial charge in [0.2, 0.25) is 5.69 Å². The second-order valence-electron chi connectivity index (χ2n) is 4.14. The van der Waals surface area contributed by atoms with Crippen molar-refractivity contribution in [2.45, 2.75) is 18.9 Å². The van der Waals surface area contributed by atoms with Crippen LogP contribution >= 0.6 is 0 Å². The molecular formula is C10H14N4O4. The van der Waals surface area contributed by atoms with E-state index in [1.54, 1.807) is 0 Å². The molecule has 18 heavy (non-hydrogen) atoms. The maximum absolute atomic E-state index is 11.8. The molecule has 1 amide bonds. The predicted octanol–water partition coefficient (Wildman–Crippen LogP) is 0.237. The second kappa shape index (κ2) is 5.13. The lowest BCUT2D eigenvalue weighted by atomic mass is 10.2. The van der Waals surface area contributed by atoms with Gasteiger partial charge in [0.1, 0.15) is 6.20 Å². The van der Waals surface area contributed by atoms with E-state index in [9.17, 15) is 14.9 Å². The number of nitrogens with one attached hydrogen (secondary N) is 1. The third kappa shape index (κ3) is 2.65. The summed E-state index contributed by atoms with van der Waals surface area (Å²) in [5, 5.41) is 17.2. The maximum Gasteiger partial charge on any atom is 0.320 e. The first-order valence-electron chi connectivity index (χ1n) is 5.66. The third-order valence-corrected chi connectivity index (χ3v) is 2.74. The minimum atomic E-state index is -0.617. The topological polar surface area (TPSA) is 99.3 Å². The van der Waals surface area contributed by atoms with Crippen molar-refractivity contribution in [3.8, 4) is 0 Å². The molecule has 8 nitrogen and oxygen atoms in total. The first-order valence-corrected chi connectivity index (χ1v) is 5.66. The van der Waals surface area contributed by atoms with E-state index < -0.39 is 10.8 Å². The number of ether oxygens (including phenoxy) is 1. The van der Waals surface area contributed by atoms with Gasteiger partial charge in [0.15, 0.2) is 0 Å². The molecule has 0 radical (unpaired) electrons. The Kier molecular flexibility index (Phi) is 3.56. The average molecular weight is 254 g/mol. The fourth-order valence-electron chi connectivity index (χ4n) is 1.87. The third-order valence-electron chi connectivity index (χ3n) is 2.74. The molecule has 1 unspecified atom stereocenters. The Balaban J connectivity index is 2.01. The molecule has 1 aromatic heterocycles. The fraction of sp³-hybridized carbons (Fsp3) is 0.600. The molecule has 0 saturated carbocycles. The van der Waals surface area contributed by atoms with Gasteiger partial charge in [-0.3, -0.25) is 19.6 Å². The summed E-state index contributed by atoms with van der Waals surface area (Å²) in [6.07, 6.45) is 3.08. The molecule has 1 aromatic rings. The van der Waals surface area contributed by atoms with Crippen molar-refractivity contribution in [3.05, 3.63) is 22.0 Å². The quantitative estimate of drug-likeness (QED) is 0.612. The van der Waals surface area contributed by atoms with E-state index in [2.05, 4.69) is 10.4 Å². The van der Waals surface area contributed by atoms with E-state index in [-0.39, 0.29) is 17.5 Å². The highest BCUT2D eigenvalue weighted by Crippen LogP contribution is 2.16. The Bertz CT molecular complexity index is 464. The molecule has 0 bridgehead atoms. The smallest absolute Gasteiger partial charge is 0.320 e. The Labute approximate surface area is 103 Å². The number of aryl methyl sites for hydroxylation is 1. The molecule has 1 saturated heterocycles. The summed E-state index contributed by atoms with van der Waals surface area (Å²) in [5.41, 5.74) is -0.456. The van der Waals surface area contributed by atoms with Crippen molar-refractivity contribution < 1.29 is 14.5 Å². The van der Waals surface area contributed by atoms with E-state index in [0.29, 0.717) is 13.2 Å². The SMILES string of the molecule is Cn1cc([N+](=O)[O-])c(C(=O)NCC2CCCO2)n1. The zero-order valence-corrected chi connectivity index (χ0v) is 9.96. The van der Waals surface area contributed by atoms with Gasteiger partial charge in [-0.1, -0.05) is 0 Å². The molecule has 1 atom stereocenters. The van der Waals surface area contributed by atoms with Crippen molar-refractivity contribution in [2.24, 2.45) is 7.05 Å². The summed E-state index contributed by atoms with van der Waals surface area (Å²) in [7, 11) is 1.53. The monoisotopic (exact) mass is 254 g/mol. The summed E-state index contributed by atoms with van der Waals surface area (Å²) in [5.74, 6) is -0.544. The standard InChI is InChI=1S/C10H14N4O4/c1-13-6-8(14(16)17)9(12-13)10(15)11-5-7-3-2-4-18-7/h6-7H,2-5H2,1H3,(H,11,15). The Morgan fingerprint density at radius 2 is 2.56 bits per heavy atom. The number of rotatable bonds is 4. The summed E-state index contributed by atoms with van der Waals surface area (Å²) in [6, 6.07) is 0. The molecule has 1 aliphatic rings. The highest BCUT2D eigenvalue weighted by Gasteiger charge is 2.25.